The van der Waals surface area contributed by atoms with E-state index in [2.05, 4.69) is 12.2 Å². The van der Waals surface area contributed by atoms with E-state index in [4.69, 9.17) is 4.98 Å². The molecule has 0 radical (unpaired) electrons. The standard InChI is InChI=1S/C24H25FN4O2/c1-15-8-2-6-12-19(15)29-23(31)21(14-22(30)26-17-10-4-3-9-16(17)25)28-20-13-7-5-11-18(20)27-24(28)29/h3-5,7,9-11,13,15,19,21H,2,6,8,12,14H2,1H3,(H,26,30)/t15-,19-,21+/m1/s1. The van der Waals surface area contributed by atoms with Gasteiger partial charge < -0.3 is 5.32 Å². The summed E-state index contributed by atoms with van der Waals surface area (Å²) in [6.07, 6.45) is 4.19. The molecule has 0 saturated heterocycles. The first-order chi connectivity index (χ1) is 15.0. The summed E-state index contributed by atoms with van der Waals surface area (Å²) >= 11 is 0. The first kappa shape index (κ1) is 19.7. The van der Waals surface area contributed by atoms with Crippen molar-refractivity contribution in [3.63, 3.8) is 0 Å². The largest absolute Gasteiger partial charge is 0.324 e. The van der Waals surface area contributed by atoms with Crippen LogP contribution in [0.4, 0.5) is 16.0 Å². The van der Waals surface area contributed by atoms with Crippen LogP contribution in [-0.2, 0) is 9.59 Å². The second-order valence-corrected chi connectivity index (χ2v) is 8.56. The molecule has 1 aliphatic carbocycles. The molecule has 2 aliphatic rings. The van der Waals surface area contributed by atoms with E-state index in [1.165, 1.54) is 18.6 Å². The molecule has 1 saturated carbocycles. The van der Waals surface area contributed by atoms with Gasteiger partial charge in [-0.15, -0.1) is 0 Å². The third-order valence-corrected chi connectivity index (χ3v) is 6.55. The predicted molar refractivity (Wildman–Crippen MR) is 117 cm³/mol. The van der Waals surface area contributed by atoms with Crippen molar-refractivity contribution in [1.82, 2.24) is 9.55 Å². The highest BCUT2D eigenvalue weighted by atomic mass is 19.1. The highest BCUT2D eigenvalue weighted by Gasteiger charge is 2.45. The molecule has 1 fully saturated rings. The average molecular weight is 420 g/mol. The maximum Gasteiger partial charge on any atom is 0.253 e. The van der Waals surface area contributed by atoms with Gasteiger partial charge in [0.05, 0.1) is 23.1 Å². The molecule has 7 heteroatoms. The van der Waals surface area contributed by atoms with Crippen LogP contribution in [0.2, 0.25) is 0 Å². The molecule has 3 aromatic rings. The van der Waals surface area contributed by atoms with Gasteiger partial charge in [0.25, 0.3) is 5.91 Å². The third-order valence-electron chi connectivity index (χ3n) is 6.55. The van der Waals surface area contributed by atoms with Gasteiger partial charge in [0, 0.05) is 6.04 Å². The molecule has 1 aliphatic heterocycles. The normalized spacial score (nSPS) is 23.2. The lowest BCUT2D eigenvalue weighted by Crippen LogP contribution is -2.44. The molecule has 2 amide bonds. The van der Waals surface area contributed by atoms with Gasteiger partial charge in [-0.1, -0.05) is 44.0 Å². The molecule has 0 unspecified atom stereocenters. The van der Waals surface area contributed by atoms with Crippen LogP contribution in [0.3, 0.4) is 0 Å². The summed E-state index contributed by atoms with van der Waals surface area (Å²) in [5, 5.41) is 2.61. The van der Waals surface area contributed by atoms with Crippen LogP contribution in [-0.4, -0.2) is 27.4 Å². The zero-order chi connectivity index (χ0) is 21.5. The van der Waals surface area contributed by atoms with Crippen LogP contribution in [0.25, 0.3) is 11.0 Å². The summed E-state index contributed by atoms with van der Waals surface area (Å²) in [7, 11) is 0. The first-order valence-electron chi connectivity index (χ1n) is 10.9. The van der Waals surface area contributed by atoms with Crippen molar-refractivity contribution in [2.45, 2.75) is 51.1 Å². The Bertz CT molecular complexity index is 1160. The zero-order valence-electron chi connectivity index (χ0n) is 17.4. The van der Waals surface area contributed by atoms with Gasteiger partial charge in [0.15, 0.2) is 0 Å². The Labute approximate surface area is 180 Å². The van der Waals surface area contributed by atoms with Gasteiger partial charge in [-0.3, -0.25) is 19.1 Å². The van der Waals surface area contributed by atoms with Crippen molar-refractivity contribution in [2.75, 3.05) is 10.2 Å². The fourth-order valence-corrected chi connectivity index (χ4v) is 4.99. The number of nitrogens with zero attached hydrogens (tertiary/aromatic N) is 3. The molecule has 0 bridgehead atoms. The van der Waals surface area contributed by atoms with E-state index in [1.54, 1.807) is 12.1 Å². The van der Waals surface area contributed by atoms with E-state index in [1.807, 2.05) is 33.7 Å². The van der Waals surface area contributed by atoms with E-state index >= 15 is 0 Å². The number of aromatic nitrogens is 2. The highest BCUT2D eigenvalue weighted by Crippen LogP contribution is 2.41. The fraction of sp³-hybridized carbons (Fsp3) is 0.375. The molecule has 3 atom stereocenters. The van der Waals surface area contributed by atoms with Crippen LogP contribution < -0.4 is 10.2 Å². The molecule has 2 heterocycles. The summed E-state index contributed by atoms with van der Waals surface area (Å²) in [5.74, 6) is -0.00738. The Balaban J connectivity index is 1.50. The van der Waals surface area contributed by atoms with Gasteiger partial charge in [-0.05, 0) is 43.0 Å². The Morgan fingerprint density at radius 2 is 1.87 bits per heavy atom. The minimum Gasteiger partial charge on any atom is -0.324 e. The van der Waals surface area contributed by atoms with Crippen molar-refractivity contribution >= 4 is 34.5 Å². The number of para-hydroxylation sites is 3. The number of halogens is 1. The van der Waals surface area contributed by atoms with E-state index in [0.29, 0.717) is 11.9 Å². The molecule has 1 aromatic heterocycles. The van der Waals surface area contributed by atoms with Gasteiger partial charge >= 0.3 is 0 Å². The summed E-state index contributed by atoms with van der Waals surface area (Å²) in [5.41, 5.74) is 1.75. The average Bonchev–Trinajstić information content (AvgIpc) is 3.25. The summed E-state index contributed by atoms with van der Waals surface area (Å²) < 4.78 is 15.9. The Morgan fingerprint density at radius 3 is 2.68 bits per heavy atom. The SMILES string of the molecule is C[C@@H]1CCCC[C@H]1N1C(=O)[C@H](CC(=O)Nc2ccccc2F)n2c1nc1ccccc12. The minimum atomic E-state index is -0.691. The first-order valence-corrected chi connectivity index (χ1v) is 10.9. The Hall–Kier alpha value is -3.22. The van der Waals surface area contributed by atoms with Crippen molar-refractivity contribution < 1.29 is 14.0 Å². The molecule has 1 N–H and O–H groups in total. The van der Waals surface area contributed by atoms with E-state index in [0.717, 1.165) is 30.3 Å². The number of carbonyl (C=O) groups is 2. The lowest BCUT2D eigenvalue weighted by molar-refractivity contribution is -0.125. The van der Waals surface area contributed by atoms with E-state index in [9.17, 15) is 14.0 Å². The molecule has 6 nitrogen and oxygen atoms in total. The van der Waals surface area contributed by atoms with Gasteiger partial charge in [0.2, 0.25) is 11.9 Å². The van der Waals surface area contributed by atoms with Crippen LogP contribution in [0.15, 0.2) is 48.5 Å². The van der Waals surface area contributed by atoms with Gasteiger partial charge in [0.1, 0.15) is 11.9 Å². The molecule has 0 spiro atoms. The summed E-state index contributed by atoms with van der Waals surface area (Å²) in [4.78, 5) is 33.0. The lowest BCUT2D eigenvalue weighted by Gasteiger charge is -2.35. The van der Waals surface area contributed by atoms with Crippen LogP contribution in [0.1, 0.15) is 45.1 Å². The minimum absolute atomic E-state index is 0.0713. The van der Waals surface area contributed by atoms with Gasteiger partial charge in [-0.25, -0.2) is 9.37 Å². The lowest BCUT2D eigenvalue weighted by atomic mass is 9.85. The Kier molecular flexibility index (Phi) is 4.96. The summed E-state index contributed by atoms with van der Waals surface area (Å²) in [6, 6.07) is 13.1. The smallest absolute Gasteiger partial charge is 0.253 e. The molecule has 2 aromatic carbocycles. The second kappa shape index (κ2) is 7.80. The number of hydrogen-bond donors (Lipinski definition) is 1. The monoisotopic (exact) mass is 420 g/mol. The number of benzene rings is 2. The molecular weight excluding hydrogens is 395 g/mol. The molecule has 31 heavy (non-hydrogen) atoms. The number of imidazole rings is 1. The number of fused-ring (bicyclic) bond motifs is 3. The highest BCUT2D eigenvalue weighted by molar-refractivity contribution is 6.05. The number of amides is 2. The van der Waals surface area contributed by atoms with Crippen molar-refractivity contribution in [2.24, 2.45) is 5.92 Å². The van der Waals surface area contributed by atoms with Crippen LogP contribution in [0.5, 0.6) is 0 Å². The van der Waals surface area contributed by atoms with Crippen LogP contribution in [0, 0.1) is 11.7 Å². The second-order valence-electron chi connectivity index (χ2n) is 8.56. The van der Waals surface area contributed by atoms with E-state index < -0.39 is 17.8 Å². The number of hydrogen-bond acceptors (Lipinski definition) is 3. The van der Waals surface area contributed by atoms with Crippen molar-refractivity contribution in [3.05, 3.63) is 54.3 Å². The topological polar surface area (TPSA) is 67.2 Å². The Morgan fingerprint density at radius 1 is 1.13 bits per heavy atom. The maximum absolute atomic E-state index is 14.0. The molecular formula is C24H25FN4O2. The summed E-state index contributed by atoms with van der Waals surface area (Å²) in [6.45, 7) is 2.18. The maximum atomic E-state index is 14.0. The number of nitrogens with one attached hydrogen (secondary N) is 1. The van der Waals surface area contributed by atoms with Crippen molar-refractivity contribution in [1.29, 1.82) is 0 Å². The van der Waals surface area contributed by atoms with Gasteiger partial charge in [-0.2, -0.15) is 0 Å². The quantitative estimate of drug-likeness (QED) is 0.667. The molecule has 5 rings (SSSR count). The zero-order valence-corrected chi connectivity index (χ0v) is 17.4. The molecule has 160 valence electrons. The predicted octanol–water partition coefficient (Wildman–Crippen LogP) is 4.67. The number of rotatable bonds is 4. The fourth-order valence-electron chi connectivity index (χ4n) is 4.99. The van der Waals surface area contributed by atoms with E-state index in [-0.39, 0.29) is 24.1 Å². The van der Waals surface area contributed by atoms with Crippen molar-refractivity contribution in [3.8, 4) is 0 Å². The number of anilines is 2. The number of carbonyl (C=O) groups excluding carboxylic acids is 2. The third kappa shape index (κ3) is 3.38. The van der Waals surface area contributed by atoms with Crippen LogP contribution >= 0.6 is 0 Å².